The van der Waals surface area contributed by atoms with Crippen molar-refractivity contribution in [2.75, 3.05) is 21.3 Å². The molecule has 0 aliphatic rings. The number of hydrogen-bond acceptors (Lipinski definition) is 3. The van der Waals surface area contributed by atoms with Crippen molar-refractivity contribution in [2.24, 2.45) is 0 Å². The molecule has 0 bridgehead atoms. The highest BCUT2D eigenvalue weighted by Gasteiger charge is 2.19. The molecule has 0 radical (unpaired) electrons. The van der Waals surface area contributed by atoms with Crippen molar-refractivity contribution in [3.8, 4) is 11.5 Å². The van der Waals surface area contributed by atoms with E-state index in [4.69, 9.17) is 21.1 Å². The lowest BCUT2D eigenvalue weighted by atomic mass is 9.94. The summed E-state index contributed by atoms with van der Waals surface area (Å²) in [6, 6.07) is 11.7. The predicted octanol–water partition coefficient (Wildman–Crippen LogP) is 3.97. The van der Waals surface area contributed by atoms with Gasteiger partial charge in [-0.05, 0) is 55.4 Å². The third-order valence-electron chi connectivity index (χ3n) is 3.58. The molecule has 2 aromatic carbocycles. The van der Waals surface area contributed by atoms with Crippen LogP contribution in [0, 0.1) is 6.92 Å². The summed E-state index contributed by atoms with van der Waals surface area (Å²) in [5.74, 6) is 1.63. The number of nitrogens with one attached hydrogen (secondary N) is 1. The Balaban J connectivity index is 2.54. The van der Waals surface area contributed by atoms with Gasteiger partial charge in [-0.1, -0.05) is 17.7 Å². The quantitative estimate of drug-likeness (QED) is 0.906. The third-order valence-corrected chi connectivity index (χ3v) is 3.81. The Labute approximate surface area is 130 Å². The molecule has 2 aromatic rings. The van der Waals surface area contributed by atoms with Crippen LogP contribution in [0.2, 0.25) is 5.02 Å². The second-order valence-electron chi connectivity index (χ2n) is 4.83. The normalized spacial score (nSPS) is 12.0. The van der Waals surface area contributed by atoms with Gasteiger partial charge in [-0.15, -0.1) is 0 Å². The predicted molar refractivity (Wildman–Crippen MR) is 86.6 cm³/mol. The maximum absolute atomic E-state index is 6.05. The zero-order chi connectivity index (χ0) is 15.4. The molecule has 0 aliphatic carbocycles. The van der Waals surface area contributed by atoms with E-state index in [1.165, 1.54) is 0 Å². The maximum Gasteiger partial charge on any atom is 0.124 e. The van der Waals surface area contributed by atoms with E-state index in [1.54, 1.807) is 14.2 Å². The molecule has 112 valence electrons. The van der Waals surface area contributed by atoms with Gasteiger partial charge in [0.05, 0.1) is 20.3 Å². The Bertz CT molecular complexity index is 628. The zero-order valence-corrected chi connectivity index (χ0v) is 13.5. The third kappa shape index (κ3) is 3.31. The number of ether oxygens (including phenoxy) is 2. The molecule has 0 saturated carbocycles. The van der Waals surface area contributed by atoms with Crippen molar-refractivity contribution in [1.29, 1.82) is 0 Å². The highest BCUT2D eigenvalue weighted by Crippen LogP contribution is 2.34. The Hall–Kier alpha value is -1.71. The molecule has 0 aliphatic heterocycles. The summed E-state index contributed by atoms with van der Waals surface area (Å²) in [4.78, 5) is 0. The molecule has 1 atom stereocenters. The number of hydrogen-bond donors (Lipinski definition) is 1. The van der Waals surface area contributed by atoms with Crippen LogP contribution in [0.1, 0.15) is 22.7 Å². The van der Waals surface area contributed by atoms with E-state index in [9.17, 15) is 0 Å². The molecular weight excluding hydrogens is 286 g/mol. The van der Waals surface area contributed by atoms with Crippen molar-refractivity contribution >= 4 is 11.6 Å². The summed E-state index contributed by atoms with van der Waals surface area (Å²) in [7, 11) is 5.26. The summed E-state index contributed by atoms with van der Waals surface area (Å²) < 4.78 is 10.8. The monoisotopic (exact) mass is 305 g/mol. The van der Waals surface area contributed by atoms with E-state index in [0.717, 1.165) is 33.2 Å². The van der Waals surface area contributed by atoms with Crippen LogP contribution in [0.25, 0.3) is 0 Å². The number of methoxy groups -OCH3 is 2. The Morgan fingerprint density at radius 2 is 1.76 bits per heavy atom. The first kappa shape index (κ1) is 15.7. The summed E-state index contributed by atoms with van der Waals surface area (Å²) in [5, 5.41) is 4.08. The molecule has 0 heterocycles. The molecule has 4 heteroatoms. The van der Waals surface area contributed by atoms with E-state index in [0.29, 0.717) is 0 Å². The Morgan fingerprint density at radius 1 is 1.00 bits per heavy atom. The molecule has 3 nitrogen and oxygen atoms in total. The molecule has 1 unspecified atom stereocenters. The largest absolute Gasteiger partial charge is 0.497 e. The van der Waals surface area contributed by atoms with Gasteiger partial charge in [-0.2, -0.15) is 0 Å². The molecule has 0 aromatic heterocycles. The molecule has 0 saturated heterocycles. The highest BCUT2D eigenvalue weighted by molar-refractivity contribution is 6.30. The van der Waals surface area contributed by atoms with Gasteiger partial charge in [0.15, 0.2) is 0 Å². The van der Waals surface area contributed by atoms with E-state index < -0.39 is 0 Å². The van der Waals surface area contributed by atoms with Gasteiger partial charge >= 0.3 is 0 Å². The smallest absolute Gasteiger partial charge is 0.124 e. The molecule has 0 spiro atoms. The lowest BCUT2D eigenvalue weighted by Crippen LogP contribution is -2.19. The first-order chi connectivity index (χ1) is 10.1. The minimum atomic E-state index is 0.00677. The minimum Gasteiger partial charge on any atom is -0.497 e. The highest BCUT2D eigenvalue weighted by atomic mass is 35.5. The molecule has 0 fully saturated rings. The van der Waals surface area contributed by atoms with Crippen LogP contribution < -0.4 is 14.8 Å². The van der Waals surface area contributed by atoms with Gasteiger partial charge in [0.25, 0.3) is 0 Å². The number of rotatable bonds is 5. The van der Waals surface area contributed by atoms with Gasteiger partial charge in [0, 0.05) is 10.6 Å². The van der Waals surface area contributed by atoms with Gasteiger partial charge in [0.1, 0.15) is 11.5 Å². The van der Waals surface area contributed by atoms with Gasteiger partial charge in [-0.3, -0.25) is 0 Å². The fraction of sp³-hybridized carbons (Fsp3) is 0.294. The van der Waals surface area contributed by atoms with Crippen molar-refractivity contribution < 1.29 is 9.47 Å². The van der Waals surface area contributed by atoms with Gasteiger partial charge in [0.2, 0.25) is 0 Å². The lowest BCUT2D eigenvalue weighted by molar-refractivity contribution is 0.395. The number of halogens is 1. The Kier molecular flexibility index (Phi) is 5.10. The number of benzene rings is 2. The molecule has 2 rings (SSSR count). The second-order valence-corrected chi connectivity index (χ2v) is 5.27. The second kappa shape index (κ2) is 6.83. The van der Waals surface area contributed by atoms with Crippen molar-refractivity contribution in [2.45, 2.75) is 13.0 Å². The van der Waals surface area contributed by atoms with Crippen LogP contribution >= 0.6 is 11.6 Å². The molecular formula is C17H20ClNO2. The van der Waals surface area contributed by atoms with E-state index in [1.807, 2.05) is 43.4 Å². The Morgan fingerprint density at radius 3 is 2.33 bits per heavy atom. The summed E-state index contributed by atoms with van der Waals surface area (Å²) in [6.07, 6.45) is 0. The molecule has 21 heavy (non-hydrogen) atoms. The van der Waals surface area contributed by atoms with Gasteiger partial charge in [-0.25, -0.2) is 0 Å². The van der Waals surface area contributed by atoms with Gasteiger partial charge < -0.3 is 14.8 Å². The minimum absolute atomic E-state index is 0.00677. The van der Waals surface area contributed by atoms with E-state index in [2.05, 4.69) is 12.2 Å². The van der Waals surface area contributed by atoms with Crippen LogP contribution in [-0.4, -0.2) is 21.3 Å². The zero-order valence-electron chi connectivity index (χ0n) is 12.7. The SMILES string of the molecule is CNC(c1ccc(Cl)cc1C)c1cc(OC)ccc1OC. The average Bonchev–Trinajstić information content (AvgIpc) is 2.49. The van der Waals surface area contributed by atoms with E-state index in [-0.39, 0.29) is 6.04 Å². The molecule has 1 N–H and O–H groups in total. The van der Waals surface area contributed by atoms with Crippen molar-refractivity contribution in [3.63, 3.8) is 0 Å². The van der Waals surface area contributed by atoms with Crippen LogP contribution in [0.15, 0.2) is 36.4 Å². The summed E-state index contributed by atoms with van der Waals surface area (Å²) in [5.41, 5.74) is 3.32. The fourth-order valence-electron chi connectivity index (χ4n) is 2.51. The summed E-state index contributed by atoms with van der Waals surface area (Å²) in [6.45, 7) is 2.05. The van der Waals surface area contributed by atoms with Crippen LogP contribution in [-0.2, 0) is 0 Å². The number of aryl methyl sites for hydroxylation is 1. The van der Waals surface area contributed by atoms with Crippen molar-refractivity contribution in [3.05, 3.63) is 58.1 Å². The van der Waals surface area contributed by atoms with Crippen LogP contribution in [0.3, 0.4) is 0 Å². The molecule has 0 amide bonds. The average molecular weight is 306 g/mol. The standard InChI is InChI=1S/C17H20ClNO2/c1-11-9-12(18)5-7-14(11)17(19-2)15-10-13(20-3)6-8-16(15)21-4/h5-10,17,19H,1-4H3. The lowest BCUT2D eigenvalue weighted by Gasteiger charge is -2.22. The van der Waals surface area contributed by atoms with Crippen molar-refractivity contribution in [1.82, 2.24) is 5.32 Å². The van der Waals surface area contributed by atoms with Crippen LogP contribution in [0.4, 0.5) is 0 Å². The first-order valence-corrected chi connectivity index (χ1v) is 7.13. The van der Waals surface area contributed by atoms with Crippen LogP contribution in [0.5, 0.6) is 11.5 Å². The van der Waals surface area contributed by atoms with E-state index >= 15 is 0 Å². The maximum atomic E-state index is 6.05. The topological polar surface area (TPSA) is 30.5 Å². The fourth-order valence-corrected chi connectivity index (χ4v) is 2.73. The first-order valence-electron chi connectivity index (χ1n) is 6.76. The summed E-state index contributed by atoms with van der Waals surface area (Å²) >= 11 is 6.05.